The molecule has 4 rings (SSSR count). The Labute approximate surface area is 202 Å². The van der Waals surface area contributed by atoms with E-state index < -0.39 is 11.4 Å². The van der Waals surface area contributed by atoms with Gasteiger partial charge in [-0.25, -0.2) is 0 Å². The largest absolute Gasteiger partial charge is 0.456 e. The lowest BCUT2D eigenvalue weighted by Crippen LogP contribution is -2.50. The summed E-state index contributed by atoms with van der Waals surface area (Å²) in [6.07, 6.45) is 1.29. The highest BCUT2D eigenvalue weighted by Gasteiger charge is 2.41. The van der Waals surface area contributed by atoms with Gasteiger partial charge in [0.05, 0.1) is 16.1 Å². The molecular formula is C25H24Cl2N2O4. The second kappa shape index (κ2) is 9.59. The Morgan fingerprint density at radius 3 is 2.42 bits per heavy atom. The number of furan rings is 1. The first-order valence-corrected chi connectivity index (χ1v) is 11.3. The molecule has 0 radical (unpaired) electrons. The molecular weight excluding hydrogens is 463 g/mol. The van der Waals surface area contributed by atoms with Crippen LogP contribution in [0.3, 0.4) is 0 Å². The Hall–Kier alpha value is -2.80. The number of hydrogen-bond donors (Lipinski definition) is 1. The van der Waals surface area contributed by atoms with Crippen LogP contribution in [0.4, 0.5) is 5.69 Å². The quantitative estimate of drug-likeness (QED) is 0.485. The highest BCUT2D eigenvalue weighted by Crippen LogP contribution is 2.40. The van der Waals surface area contributed by atoms with E-state index in [1.54, 1.807) is 49.2 Å². The van der Waals surface area contributed by atoms with Crippen LogP contribution < -0.4 is 5.32 Å². The molecule has 1 aromatic heterocycles. The van der Waals surface area contributed by atoms with Gasteiger partial charge in [0.15, 0.2) is 5.76 Å². The summed E-state index contributed by atoms with van der Waals surface area (Å²) in [7, 11) is 1.78. The summed E-state index contributed by atoms with van der Waals surface area (Å²) in [5.74, 6) is 0.231. The molecule has 2 amide bonds. The Morgan fingerprint density at radius 1 is 1.03 bits per heavy atom. The molecule has 1 aliphatic heterocycles. The number of nitrogens with zero attached hydrogens (tertiary/aromatic N) is 1. The van der Waals surface area contributed by atoms with Gasteiger partial charge in [0.25, 0.3) is 11.8 Å². The Kier molecular flexibility index (Phi) is 6.79. The number of carbonyl (C=O) groups excluding carboxylic acids is 2. The summed E-state index contributed by atoms with van der Waals surface area (Å²) >= 11 is 12.7. The van der Waals surface area contributed by atoms with Crippen molar-refractivity contribution in [3.63, 3.8) is 0 Å². The van der Waals surface area contributed by atoms with Crippen molar-refractivity contribution in [1.29, 1.82) is 0 Å². The molecule has 0 unspecified atom stereocenters. The summed E-state index contributed by atoms with van der Waals surface area (Å²) in [5, 5.41) is 3.60. The fourth-order valence-corrected chi connectivity index (χ4v) is 4.65. The van der Waals surface area contributed by atoms with E-state index in [2.05, 4.69) is 5.32 Å². The van der Waals surface area contributed by atoms with Crippen molar-refractivity contribution in [2.45, 2.75) is 25.3 Å². The molecule has 0 bridgehead atoms. The van der Waals surface area contributed by atoms with E-state index >= 15 is 0 Å². The lowest BCUT2D eigenvalue weighted by molar-refractivity contribution is -0.0138. The average molecular weight is 487 g/mol. The van der Waals surface area contributed by atoms with E-state index in [4.69, 9.17) is 32.4 Å². The molecule has 1 fully saturated rings. The van der Waals surface area contributed by atoms with Crippen LogP contribution in [0.15, 0.2) is 59.0 Å². The molecule has 8 heteroatoms. The first kappa shape index (κ1) is 23.4. The second-order valence-corrected chi connectivity index (χ2v) is 8.92. The molecule has 1 saturated heterocycles. The summed E-state index contributed by atoms with van der Waals surface area (Å²) < 4.78 is 10.9. The number of nitrogens with one attached hydrogen (secondary N) is 1. The Balaban J connectivity index is 1.59. The number of halogens is 2. The maximum absolute atomic E-state index is 13.6. The minimum atomic E-state index is -0.562. The number of amides is 2. The van der Waals surface area contributed by atoms with Gasteiger partial charge in [0.1, 0.15) is 5.76 Å². The van der Waals surface area contributed by atoms with Gasteiger partial charge < -0.3 is 19.4 Å². The summed E-state index contributed by atoms with van der Waals surface area (Å²) in [6, 6.07) is 15.7. The predicted octanol–water partition coefficient (Wildman–Crippen LogP) is 5.93. The molecule has 1 aliphatic rings. The fraction of sp³-hybridized carbons (Fsp3) is 0.280. The van der Waals surface area contributed by atoms with Gasteiger partial charge in [0, 0.05) is 31.0 Å². The minimum Gasteiger partial charge on any atom is -0.456 e. The summed E-state index contributed by atoms with van der Waals surface area (Å²) in [5.41, 5.74) is 1.21. The third-order valence-electron chi connectivity index (χ3n) is 6.05. The number of anilines is 1. The van der Waals surface area contributed by atoms with Gasteiger partial charge in [-0.05, 0) is 67.8 Å². The summed E-state index contributed by atoms with van der Waals surface area (Å²) in [4.78, 5) is 27.6. The SMILES string of the molecule is Cc1ccc(C(=O)Nc2ccc(C(=O)N(C)C3(c4cccc(Cl)c4)CCOCC3)c(Cl)c2)o1. The van der Waals surface area contributed by atoms with Crippen molar-refractivity contribution in [2.75, 3.05) is 25.6 Å². The fourth-order valence-electron chi connectivity index (χ4n) is 4.20. The van der Waals surface area contributed by atoms with E-state index in [1.165, 1.54) is 0 Å². The number of aryl methyl sites for hydroxylation is 1. The molecule has 0 saturated carbocycles. The zero-order valence-corrected chi connectivity index (χ0v) is 19.9. The zero-order chi connectivity index (χ0) is 23.6. The van der Waals surface area contributed by atoms with Gasteiger partial charge in [-0.3, -0.25) is 9.59 Å². The number of carbonyl (C=O) groups is 2. The van der Waals surface area contributed by atoms with Crippen LogP contribution >= 0.6 is 23.2 Å². The van der Waals surface area contributed by atoms with Crippen molar-refractivity contribution < 1.29 is 18.7 Å². The molecule has 0 spiro atoms. The number of benzene rings is 2. The Morgan fingerprint density at radius 2 is 1.79 bits per heavy atom. The average Bonchev–Trinajstić information content (AvgIpc) is 3.25. The van der Waals surface area contributed by atoms with Crippen molar-refractivity contribution in [1.82, 2.24) is 4.90 Å². The van der Waals surface area contributed by atoms with Crippen LogP contribution in [0.5, 0.6) is 0 Å². The standard InChI is InChI=1S/C25H24Cl2N2O4/c1-16-6-9-22(33-16)23(30)28-19-7-8-20(21(27)15-19)24(31)29(2)25(10-12-32-13-11-25)17-4-3-5-18(26)14-17/h3-9,14-15H,10-13H2,1-2H3,(H,28,30). The van der Waals surface area contributed by atoms with Crippen LogP contribution in [0.2, 0.25) is 10.0 Å². The Bertz CT molecular complexity index is 1180. The van der Waals surface area contributed by atoms with Crippen LogP contribution in [-0.4, -0.2) is 37.0 Å². The van der Waals surface area contributed by atoms with Crippen molar-refractivity contribution in [3.8, 4) is 0 Å². The molecule has 33 heavy (non-hydrogen) atoms. The third kappa shape index (κ3) is 4.78. The van der Waals surface area contributed by atoms with Gasteiger partial charge in [-0.2, -0.15) is 0 Å². The topological polar surface area (TPSA) is 71.8 Å². The molecule has 3 aromatic rings. The van der Waals surface area contributed by atoms with Gasteiger partial charge in [-0.1, -0.05) is 35.3 Å². The van der Waals surface area contributed by atoms with E-state index in [9.17, 15) is 9.59 Å². The predicted molar refractivity (Wildman–Crippen MR) is 128 cm³/mol. The number of rotatable bonds is 5. The maximum Gasteiger partial charge on any atom is 0.291 e. The number of ether oxygens (including phenoxy) is 1. The molecule has 172 valence electrons. The first-order chi connectivity index (χ1) is 15.8. The second-order valence-electron chi connectivity index (χ2n) is 8.08. The van der Waals surface area contributed by atoms with E-state index in [1.807, 2.05) is 24.3 Å². The highest BCUT2D eigenvalue weighted by atomic mass is 35.5. The summed E-state index contributed by atoms with van der Waals surface area (Å²) in [6.45, 7) is 2.84. The molecule has 6 nitrogen and oxygen atoms in total. The number of hydrogen-bond acceptors (Lipinski definition) is 4. The van der Waals surface area contributed by atoms with Crippen LogP contribution in [0.25, 0.3) is 0 Å². The minimum absolute atomic E-state index is 0.200. The van der Waals surface area contributed by atoms with Crippen LogP contribution in [0, 0.1) is 6.92 Å². The van der Waals surface area contributed by atoms with Gasteiger partial charge in [0.2, 0.25) is 0 Å². The molecule has 1 N–H and O–H groups in total. The third-order valence-corrected chi connectivity index (χ3v) is 6.60. The normalized spacial score (nSPS) is 15.2. The van der Waals surface area contributed by atoms with Crippen molar-refractivity contribution >= 4 is 40.7 Å². The highest BCUT2D eigenvalue weighted by molar-refractivity contribution is 6.34. The van der Waals surface area contributed by atoms with E-state index in [0.717, 1.165) is 5.56 Å². The van der Waals surface area contributed by atoms with Gasteiger partial charge in [-0.15, -0.1) is 0 Å². The van der Waals surface area contributed by atoms with Crippen molar-refractivity contribution in [2.24, 2.45) is 0 Å². The van der Waals surface area contributed by atoms with Crippen LogP contribution in [-0.2, 0) is 10.3 Å². The smallest absolute Gasteiger partial charge is 0.291 e. The van der Waals surface area contributed by atoms with Crippen molar-refractivity contribution in [3.05, 3.63) is 87.3 Å². The lowest BCUT2D eigenvalue weighted by atomic mass is 9.81. The molecule has 0 atom stereocenters. The van der Waals surface area contributed by atoms with Gasteiger partial charge >= 0.3 is 0 Å². The van der Waals surface area contributed by atoms with E-state index in [0.29, 0.717) is 48.1 Å². The molecule has 2 aromatic carbocycles. The van der Waals surface area contributed by atoms with E-state index in [-0.39, 0.29) is 16.7 Å². The molecule has 0 aliphatic carbocycles. The molecule has 2 heterocycles. The monoisotopic (exact) mass is 486 g/mol. The lowest BCUT2D eigenvalue weighted by Gasteiger charge is -2.45. The first-order valence-electron chi connectivity index (χ1n) is 10.6. The zero-order valence-electron chi connectivity index (χ0n) is 18.4. The maximum atomic E-state index is 13.6. The van der Waals surface area contributed by atoms with Crippen LogP contribution in [0.1, 0.15) is 45.1 Å².